The number of hydrogen-bond donors (Lipinski definition) is 1. The second kappa shape index (κ2) is 5.14. The van der Waals surface area contributed by atoms with E-state index in [2.05, 4.69) is 42.7 Å². The van der Waals surface area contributed by atoms with Gasteiger partial charge in [0.25, 0.3) is 5.88 Å². The lowest BCUT2D eigenvalue weighted by molar-refractivity contribution is 0.280. The van der Waals surface area contributed by atoms with Gasteiger partial charge in [-0.2, -0.15) is 5.10 Å². The first kappa shape index (κ1) is 12.8. The van der Waals surface area contributed by atoms with Crippen LogP contribution in [0.5, 0.6) is 5.88 Å². The first-order valence-corrected chi connectivity index (χ1v) is 8.03. The maximum absolute atomic E-state index is 5.48. The van der Waals surface area contributed by atoms with Gasteiger partial charge in [0.15, 0.2) is 0 Å². The van der Waals surface area contributed by atoms with Crippen LogP contribution < -0.4 is 9.64 Å². The van der Waals surface area contributed by atoms with E-state index in [9.17, 15) is 0 Å². The lowest BCUT2D eigenvalue weighted by Crippen LogP contribution is -2.18. The third-order valence-electron chi connectivity index (χ3n) is 4.09. The molecule has 0 radical (unpaired) electrons. The number of ether oxygens (including phenoxy) is 1. The summed E-state index contributed by atoms with van der Waals surface area (Å²) in [6, 6.07) is 0.527. The van der Waals surface area contributed by atoms with E-state index in [0.29, 0.717) is 11.9 Å². The van der Waals surface area contributed by atoms with Gasteiger partial charge >= 0.3 is 0 Å². The van der Waals surface area contributed by atoms with Crippen molar-refractivity contribution in [3.8, 4) is 5.88 Å². The summed E-state index contributed by atoms with van der Waals surface area (Å²) in [7, 11) is 1.68. The summed E-state index contributed by atoms with van der Waals surface area (Å²) in [6.07, 6.45) is 11.7. The van der Waals surface area contributed by atoms with E-state index >= 15 is 0 Å². The van der Waals surface area contributed by atoms with E-state index in [1.54, 1.807) is 18.9 Å². The number of H-pyrrole nitrogens is 1. The van der Waals surface area contributed by atoms with Gasteiger partial charge in [-0.25, -0.2) is 0 Å². The zero-order valence-corrected chi connectivity index (χ0v) is 12.6. The van der Waals surface area contributed by atoms with Crippen LogP contribution in [-0.2, 0) is 0 Å². The van der Waals surface area contributed by atoms with Crippen molar-refractivity contribution >= 4 is 17.4 Å². The average Bonchev–Trinajstić information content (AvgIpc) is 3.16. The number of methoxy groups -OCH3 is 1. The van der Waals surface area contributed by atoms with Crippen molar-refractivity contribution in [3.63, 3.8) is 0 Å². The number of rotatable bonds is 4. The van der Waals surface area contributed by atoms with Crippen molar-refractivity contribution in [3.05, 3.63) is 35.8 Å². The van der Waals surface area contributed by atoms with Crippen molar-refractivity contribution in [1.82, 2.24) is 20.0 Å². The van der Waals surface area contributed by atoms with Gasteiger partial charge < -0.3 is 9.64 Å². The molecular weight excluding hydrogens is 286 g/mol. The molecule has 1 fully saturated rings. The molecule has 1 aliphatic carbocycles. The Balaban J connectivity index is 1.68. The number of hydrogen-bond acceptors (Lipinski definition) is 5. The highest BCUT2D eigenvalue weighted by molar-refractivity contribution is 8.02. The van der Waals surface area contributed by atoms with Crippen molar-refractivity contribution in [2.75, 3.05) is 12.0 Å². The van der Waals surface area contributed by atoms with Crippen LogP contribution in [0.25, 0.3) is 0 Å². The minimum atomic E-state index is 0.177. The molecule has 0 aromatic carbocycles. The van der Waals surface area contributed by atoms with Crippen LogP contribution in [0.1, 0.15) is 36.2 Å². The summed E-state index contributed by atoms with van der Waals surface area (Å²) in [5, 5.41) is 13.8. The molecule has 1 atom stereocenters. The normalized spacial score (nSPS) is 21.8. The Hall–Kier alpha value is -1.89. The monoisotopic (exact) mass is 303 g/mol. The lowest BCUT2D eigenvalue weighted by Gasteiger charge is -2.25. The van der Waals surface area contributed by atoms with Crippen molar-refractivity contribution < 1.29 is 4.74 Å². The number of thioether (sulfide) groups is 1. The molecule has 2 aliphatic rings. The predicted octanol–water partition coefficient (Wildman–Crippen LogP) is 3.06. The number of aromatic nitrogens is 4. The van der Waals surface area contributed by atoms with Crippen molar-refractivity contribution in [2.45, 2.75) is 30.7 Å². The smallest absolute Gasteiger partial charge is 0.256 e. The molecule has 1 N–H and O–H groups in total. The zero-order chi connectivity index (χ0) is 14.2. The molecule has 0 spiro atoms. The SMILES string of the molecule is COc1nn(C2CCC2)cc1N1C=CSC1c1cn[nH]c1. The second-order valence-electron chi connectivity index (χ2n) is 5.30. The molecule has 2 aromatic heterocycles. The summed E-state index contributed by atoms with van der Waals surface area (Å²) < 4.78 is 7.54. The summed E-state index contributed by atoms with van der Waals surface area (Å²) in [5.41, 5.74) is 2.15. The highest BCUT2D eigenvalue weighted by atomic mass is 32.2. The van der Waals surface area contributed by atoms with Gasteiger partial charge in [-0.15, -0.1) is 16.9 Å². The maximum Gasteiger partial charge on any atom is 0.256 e. The van der Waals surface area contributed by atoms with Gasteiger partial charge in [0.05, 0.1) is 25.5 Å². The van der Waals surface area contributed by atoms with E-state index < -0.39 is 0 Å². The Morgan fingerprint density at radius 2 is 2.33 bits per heavy atom. The van der Waals surface area contributed by atoms with E-state index in [1.807, 2.05) is 12.4 Å². The van der Waals surface area contributed by atoms with Crippen LogP contribution in [-0.4, -0.2) is 27.1 Å². The summed E-state index contributed by atoms with van der Waals surface area (Å²) in [5.74, 6) is 0.683. The molecule has 1 unspecified atom stereocenters. The molecule has 1 aliphatic heterocycles. The standard InChI is InChI=1S/C14H17N5OS/c1-20-13-12(9-19(17-13)11-3-2-4-11)18-5-6-21-14(18)10-7-15-16-8-10/h5-9,11,14H,2-4H2,1H3,(H,15,16). The van der Waals surface area contributed by atoms with Gasteiger partial charge in [0.1, 0.15) is 11.1 Å². The first-order valence-electron chi connectivity index (χ1n) is 7.09. The number of anilines is 1. The topological polar surface area (TPSA) is 59.0 Å². The molecule has 6 nitrogen and oxygen atoms in total. The van der Waals surface area contributed by atoms with Gasteiger partial charge in [0, 0.05) is 18.0 Å². The molecular formula is C14H17N5OS. The Bertz CT molecular complexity index is 646. The Labute approximate surface area is 127 Å². The van der Waals surface area contributed by atoms with Crippen LogP contribution in [0.15, 0.2) is 30.2 Å². The minimum Gasteiger partial charge on any atom is -0.478 e. The van der Waals surface area contributed by atoms with E-state index in [0.717, 1.165) is 11.3 Å². The van der Waals surface area contributed by atoms with Crippen molar-refractivity contribution in [1.29, 1.82) is 0 Å². The number of nitrogens with one attached hydrogen (secondary N) is 1. The molecule has 4 rings (SSSR count). The van der Waals surface area contributed by atoms with E-state index in [-0.39, 0.29) is 5.37 Å². The van der Waals surface area contributed by atoms with Crippen LogP contribution in [0, 0.1) is 0 Å². The highest BCUT2D eigenvalue weighted by Crippen LogP contribution is 2.45. The average molecular weight is 303 g/mol. The summed E-state index contributed by atoms with van der Waals surface area (Å²) in [6.45, 7) is 0. The van der Waals surface area contributed by atoms with E-state index in [4.69, 9.17) is 4.74 Å². The van der Waals surface area contributed by atoms with Crippen LogP contribution in [0.4, 0.5) is 5.69 Å². The Kier molecular flexibility index (Phi) is 3.14. The molecule has 0 saturated heterocycles. The fourth-order valence-corrected chi connectivity index (χ4v) is 3.64. The molecule has 0 bridgehead atoms. The minimum absolute atomic E-state index is 0.177. The van der Waals surface area contributed by atoms with Crippen LogP contribution in [0.3, 0.4) is 0 Å². The van der Waals surface area contributed by atoms with E-state index in [1.165, 1.54) is 19.3 Å². The Morgan fingerprint density at radius 1 is 1.43 bits per heavy atom. The fraction of sp³-hybridized carbons (Fsp3) is 0.429. The third kappa shape index (κ3) is 2.12. The molecule has 3 heterocycles. The number of aromatic amines is 1. The summed E-state index contributed by atoms with van der Waals surface area (Å²) >= 11 is 1.75. The van der Waals surface area contributed by atoms with Crippen LogP contribution in [0.2, 0.25) is 0 Å². The van der Waals surface area contributed by atoms with Crippen LogP contribution >= 0.6 is 11.8 Å². The molecule has 110 valence electrons. The molecule has 0 amide bonds. The van der Waals surface area contributed by atoms with Gasteiger partial charge in [0.2, 0.25) is 0 Å². The lowest BCUT2D eigenvalue weighted by atomic mass is 9.93. The quantitative estimate of drug-likeness (QED) is 0.940. The van der Waals surface area contributed by atoms with Gasteiger partial charge in [-0.1, -0.05) is 0 Å². The van der Waals surface area contributed by atoms with Gasteiger partial charge in [-0.05, 0) is 24.7 Å². The Morgan fingerprint density at radius 3 is 3.00 bits per heavy atom. The third-order valence-corrected chi connectivity index (χ3v) is 5.12. The largest absolute Gasteiger partial charge is 0.478 e. The molecule has 1 saturated carbocycles. The highest BCUT2D eigenvalue weighted by Gasteiger charge is 2.30. The first-order chi connectivity index (χ1) is 10.4. The van der Waals surface area contributed by atoms with Crippen molar-refractivity contribution in [2.24, 2.45) is 0 Å². The number of nitrogens with zero attached hydrogens (tertiary/aromatic N) is 4. The summed E-state index contributed by atoms with van der Waals surface area (Å²) in [4.78, 5) is 2.19. The zero-order valence-electron chi connectivity index (χ0n) is 11.8. The molecule has 2 aromatic rings. The molecule has 21 heavy (non-hydrogen) atoms. The molecule has 7 heteroatoms. The maximum atomic E-state index is 5.48. The fourth-order valence-electron chi connectivity index (χ4n) is 2.69. The predicted molar refractivity (Wildman–Crippen MR) is 82.2 cm³/mol. The second-order valence-corrected chi connectivity index (χ2v) is 6.29. The van der Waals surface area contributed by atoms with Gasteiger partial charge in [-0.3, -0.25) is 9.78 Å².